The summed E-state index contributed by atoms with van der Waals surface area (Å²) in [5.41, 5.74) is 11.9. The van der Waals surface area contributed by atoms with Crippen LogP contribution in [0.3, 0.4) is 0 Å². The monoisotopic (exact) mass is 732 g/mol. The van der Waals surface area contributed by atoms with Gasteiger partial charge in [-0.25, -0.2) is 9.98 Å². The van der Waals surface area contributed by atoms with E-state index in [2.05, 4.69) is 143 Å². The Morgan fingerprint density at radius 2 is 1.14 bits per heavy atom. The quantitative estimate of drug-likeness (QED) is 0.192. The molecule has 11 aromatic rings. The molecule has 8 aromatic carbocycles. The number of nitrogens with one attached hydrogen (secondary N) is 1. The van der Waals surface area contributed by atoms with Crippen LogP contribution in [0.5, 0.6) is 0 Å². The smallest absolute Gasteiger partial charge is 0.160 e. The Bertz CT molecular complexity index is 3440. The van der Waals surface area contributed by atoms with E-state index in [4.69, 9.17) is 18.8 Å². The fraction of sp³-hybridized carbons (Fsp3) is 0.0196. The van der Waals surface area contributed by atoms with E-state index in [9.17, 15) is 0 Å². The molecule has 6 heteroatoms. The molecule has 57 heavy (non-hydrogen) atoms. The molecule has 0 fully saturated rings. The van der Waals surface area contributed by atoms with Crippen molar-refractivity contribution in [2.75, 3.05) is 0 Å². The fourth-order valence-electron chi connectivity index (χ4n) is 8.69. The van der Waals surface area contributed by atoms with Crippen LogP contribution in [0.25, 0.3) is 82.5 Å². The van der Waals surface area contributed by atoms with E-state index >= 15 is 0 Å². The molecule has 0 aliphatic carbocycles. The Morgan fingerprint density at radius 3 is 2.04 bits per heavy atom. The van der Waals surface area contributed by atoms with E-state index in [1.165, 1.54) is 16.3 Å². The highest BCUT2D eigenvalue weighted by Crippen LogP contribution is 2.41. The molecule has 1 unspecified atom stereocenters. The lowest BCUT2D eigenvalue weighted by atomic mass is 9.97. The zero-order valence-electron chi connectivity index (χ0n) is 30.6. The number of nitrogens with zero attached hydrogens (tertiary/aromatic N) is 3. The van der Waals surface area contributed by atoms with E-state index in [1.54, 1.807) is 0 Å². The molecule has 1 aliphatic rings. The van der Waals surface area contributed by atoms with Gasteiger partial charge in [0.05, 0.1) is 11.0 Å². The van der Waals surface area contributed by atoms with Gasteiger partial charge in [-0.05, 0) is 65.7 Å². The molecule has 1 N–H and O–H groups in total. The molecule has 6 nitrogen and oxygen atoms in total. The summed E-state index contributed by atoms with van der Waals surface area (Å²) in [5, 5.41) is 10.2. The van der Waals surface area contributed by atoms with Crippen molar-refractivity contribution in [3.63, 3.8) is 0 Å². The highest BCUT2D eigenvalue weighted by molar-refractivity contribution is 6.23. The van der Waals surface area contributed by atoms with Crippen molar-refractivity contribution in [1.29, 1.82) is 0 Å². The van der Waals surface area contributed by atoms with E-state index in [-0.39, 0.29) is 0 Å². The maximum atomic E-state index is 6.56. The van der Waals surface area contributed by atoms with Gasteiger partial charge in [0.2, 0.25) is 0 Å². The number of benzene rings is 8. The minimum Gasteiger partial charge on any atom is -0.456 e. The lowest BCUT2D eigenvalue weighted by Gasteiger charge is -2.24. The highest BCUT2D eigenvalue weighted by atomic mass is 16.3. The first-order valence-corrected chi connectivity index (χ1v) is 19.2. The van der Waals surface area contributed by atoms with Crippen LogP contribution in [0.15, 0.2) is 201 Å². The van der Waals surface area contributed by atoms with Crippen LogP contribution in [-0.2, 0) is 0 Å². The number of aromatic nitrogens is 1. The van der Waals surface area contributed by atoms with Crippen molar-refractivity contribution >= 4 is 77.4 Å². The molecule has 1 aliphatic heterocycles. The van der Waals surface area contributed by atoms with Gasteiger partial charge in [0.15, 0.2) is 5.84 Å². The first-order valence-electron chi connectivity index (χ1n) is 19.2. The second-order valence-electron chi connectivity index (χ2n) is 14.6. The third-order valence-electron chi connectivity index (χ3n) is 11.3. The lowest BCUT2D eigenvalue weighted by Crippen LogP contribution is -2.33. The number of furan rings is 2. The van der Waals surface area contributed by atoms with Gasteiger partial charge in [-0.1, -0.05) is 127 Å². The predicted molar refractivity (Wildman–Crippen MR) is 233 cm³/mol. The van der Waals surface area contributed by atoms with Gasteiger partial charge in [-0.15, -0.1) is 0 Å². The van der Waals surface area contributed by atoms with Gasteiger partial charge in [0.25, 0.3) is 0 Å². The number of hydrogen-bond acceptors (Lipinski definition) is 5. The molecule has 268 valence electrons. The van der Waals surface area contributed by atoms with Crippen molar-refractivity contribution in [3.05, 3.63) is 199 Å². The van der Waals surface area contributed by atoms with E-state index < -0.39 is 6.17 Å². The third kappa shape index (κ3) is 4.97. The SMILES string of the molecule is c1ccc(C2=NC(c3cccc4oc5ccc(-c6cccc7c6c6ccccc6n7-c6ccccc6)cc5c34)=NC(c3ccc4c(c3)oc3ccccc34)N2)cc1. The topological polar surface area (TPSA) is 68.0 Å². The molecule has 0 amide bonds. The van der Waals surface area contributed by atoms with Crippen LogP contribution in [0.2, 0.25) is 0 Å². The minimum atomic E-state index is -0.408. The number of hydrogen-bond donors (Lipinski definition) is 1. The minimum absolute atomic E-state index is 0.408. The first-order chi connectivity index (χ1) is 28.2. The average molecular weight is 733 g/mol. The Labute approximate surface area is 326 Å². The van der Waals surface area contributed by atoms with Gasteiger partial charge in [-0.3, -0.25) is 0 Å². The molecule has 0 bridgehead atoms. The Balaban J connectivity index is 1.05. The summed E-state index contributed by atoms with van der Waals surface area (Å²) >= 11 is 0. The lowest BCUT2D eigenvalue weighted by molar-refractivity contribution is 0.655. The number of para-hydroxylation sites is 3. The average Bonchev–Trinajstić information content (AvgIpc) is 3.96. The summed E-state index contributed by atoms with van der Waals surface area (Å²) in [6, 6.07) is 63.3. The van der Waals surface area contributed by atoms with Crippen molar-refractivity contribution < 1.29 is 8.83 Å². The Morgan fingerprint density at radius 1 is 0.456 bits per heavy atom. The number of fused-ring (bicyclic) bond motifs is 9. The molecule has 1 atom stereocenters. The van der Waals surface area contributed by atoms with E-state index in [1.807, 2.05) is 48.5 Å². The van der Waals surface area contributed by atoms with Gasteiger partial charge >= 0.3 is 0 Å². The molecule has 3 aromatic heterocycles. The molecule has 0 saturated heterocycles. The number of rotatable bonds is 5. The predicted octanol–water partition coefficient (Wildman–Crippen LogP) is 12.7. The summed E-state index contributed by atoms with van der Waals surface area (Å²) < 4.78 is 15.2. The van der Waals surface area contributed by atoms with Crippen molar-refractivity contribution in [3.8, 4) is 16.8 Å². The third-order valence-corrected chi connectivity index (χ3v) is 11.3. The van der Waals surface area contributed by atoms with Gasteiger partial charge in [0.1, 0.15) is 34.3 Å². The van der Waals surface area contributed by atoms with Gasteiger partial charge in [0, 0.05) is 54.7 Å². The van der Waals surface area contributed by atoms with Crippen LogP contribution in [0, 0.1) is 0 Å². The van der Waals surface area contributed by atoms with Crippen LogP contribution in [0.4, 0.5) is 0 Å². The first kappa shape index (κ1) is 31.6. The molecule has 0 spiro atoms. The zero-order chi connectivity index (χ0) is 37.5. The maximum absolute atomic E-state index is 6.56. The number of aliphatic imine (C=N–C) groups is 2. The zero-order valence-corrected chi connectivity index (χ0v) is 30.6. The van der Waals surface area contributed by atoms with Crippen LogP contribution >= 0.6 is 0 Å². The molecule has 0 radical (unpaired) electrons. The fourth-order valence-corrected chi connectivity index (χ4v) is 8.69. The summed E-state index contributed by atoms with van der Waals surface area (Å²) in [4.78, 5) is 10.5. The summed E-state index contributed by atoms with van der Waals surface area (Å²) in [5.74, 6) is 1.39. The normalized spacial score (nSPS) is 14.5. The van der Waals surface area contributed by atoms with Gasteiger partial charge < -0.3 is 18.7 Å². The van der Waals surface area contributed by atoms with E-state index in [0.717, 1.165) is 88.7 Å². The Kier molecular flexibility index (Phi) is 6.89. The molecule has 4 heterocycles. The second kappa shape index (κ2) is 12.4. The molecular formula is C51H32N4O2. The van der Waals surface area contributed by atoms with Crippen LogP contribution in [0.1, 0.15) is 22.9 Å². The summed E-state index contributed by atoms with van der Waals surface area (Å²) in [6.45, 7) is 0. The largest absolute Gasteiger partial charge is 0.456 e. The Hall–Kier alpha value is -7.70. The van der Waals surface area contributed by atoms with Crippen molar-refractivity contribution in [2.45, 2.75) is 6.17 Å². The van der Waals surface area contributed by atoms with Crippen molar-refractivity contribution in [1.82, 2.24) is 9.88 Å². The number of amidine groups is 2. The highest BCUT2D eigenvalue weighted by Gasteiger charge is 2.25. The molecule has 0 saturated carbocycles. The van der Waals surface area contributed by atoms with Crippen molar-refractivity contribution in [2.24, 2.45) is 9.98 Å². The molecule has 12 rings (SSSR count). The maximum Gasteiger partial charge on any atom is 0.160 e. The van der Waals surface area contributed by atoms with Crippen LogP contribution < -0.4 is 5.32 Å². The summed E-state index contributed by atoms with van der Waals surface area (Å²) in [6.07, 6.45) is -0.408. The van der Waals surface area contributed by atoms with Crippen LogP contribution in [-0.4, -0.2) is 16.2 Å². The second-order valence-corrected chi connectivity index (χ2v) is 14.6. The molecular weight excluding hydrogens is 701 g/mol. The summed E-state index contributed by atoms with van der Waals surface area (Å²) in [7, 11) is 0. The van der Waals surface area contributed by atoms with Gasteiger partial charge in [-0.2, -0.15) is 0 Å². The standard InChI is InChI=1S/C51H32N4O2/c1-3-13-31(14-4-1)49-52-50(33-25-27-37-36-17-8-10-23-43(36)57-46(37)30-33)54-51(53-49)39-20-12-24-45-48(39)40-29-32(26-28-44(40)56-45)35-19-11-22-42-47(35)38-18-7-9-21-41(38)55(42)34-15-5-2-6-16-34/h1-30,50H,(H,52,53,54). The van der Waals surface area contributed by atoms with E-state index in [0.29, 0.717) is 5.84 Å².